The summed E-state index contributed by atoms with van der Waals surface area (Å²) in [6, 6.07) is 3.70. The molecule has 2 aromatic rings. The highest BCUT2D eigenvalue weighted by Crippen LogP contribution is 2.31. The van der Waals surface area contributed by atoms with Crippen LogP contribution in [0.3, 0.4) is 0 Å². The molecule has 2 N–H and O–H groups in total. The largest absolute Gasteiger partial charge is 0.465 e. The van der Waals surface area contributed by atoms with Gasteiger partial charge in [-0.15, -0.1) is 0 Å². The number of nitrogens with one attached hydrogen (secondary N) is 2. The zero-order chi connectivity index (χ0) is 12.7. The fraction of sp³-hybridized carbons (Fsp3) is 0.308. The van der Waals surface area contributed by atoms with Gasteiger partial charge >= 0.3 is 5.97 Å². The molecule has 1 aliphatic heterocycles. The number of hydrogen-bond acceptors (Lipinski definition) is 3. The van der Waals surface area contributed by atoms with Gasteiger partial charge in [-0.25, -0.2) is 4.79 Å². The lowest BCUT2D eigenvalue weighted by molar-refractivity contribution is 0.0601. The Morgan fingerprint density at radius 1 is 1.44 bits per heavy atom. The Morgan fingerprint density at radius 2 is 2.28 bits per heavy atom. The van der Waals surface area contributed by atoms with E-state index in [9.17, 15) is 4.79 Å². The average Bonchev–Trinajstić information content (AvgIpc) is 2.77. The first kappa shape index (κ1) is 11.7. The number of aromatic amines is 1. The van der Waals surface area contributed by atoms with Gasteiger partial charge in [0.1, 0.15) is 0 Å². The summed E-state index contributed by atoms with van der Waals surface area (Å²) in [7, 11) is 1.40. The Kier molecular flexibility index (Phi) is 2.87. The molecule has 0 amide bonds. The number of esters is 1. The Balaban J connectivity index is 2.25. The molecule has 1 aromatic heterocycles. The molecule has 0 saturated carbocycles. The number of H-pyrrole nitrogens is 1. The molecule has 4 nitrogen and oxygen atoms in total. The molecular formula is C13H13BrN2O2. The fourth-order valence-corrected chi connectivity index (χ4v) is 3.02. The molecule has 0 aliphatic carbocycles. The standard InChI is InChI=1S/C13H13BrN2O2/c1-18-13(17)7-4-9-8-2-3-15-6-11(8)16-12(9)10(14)5-7/h4-5,15-16H,2-3,6H2,1H3. The highest BCUT2D eigenvalue weighted by molar-refractivity contribution is 9.10. The van der Waals surface area contributed by atoms with E-state index in [1.54, 1.807) is 6.07 Å². The van der Waals surface area contributed by atoms with E-state index in [1.807, 2.05) is 6.07 Å². The fourth-order valence-electron chi connectivity index (χ4n) is 2.46. The third-order valence-electron chi connectivity index (χ3n) is 3.33. The summed E-state index contributed by atoms with van der Waals surface area (Å²) < 4.78 is 5.68. The number of benzene rings is 1. The third-order valence-corrected chi connectivity index (χ3v) is 3.96. The first-order valence-corrected chi connectivity index (χ1v) is 6.62. The molecule has 0 fully saturated rings. The van der Waals surface area contributed by atoms with Crippen LogP contribution in [-0.2, 0) is 17.7 Å². The van der Waals surface area contributed by atoms with Crippen LogP contribution in [0.25, 0.3) is 10.9 Å². The van der Waals surface area contributed by atoms with Gasteiger partial charge in [-0.05, 0) is 46.6 Å². The van der Waals surface area contributed by atoms with Crippen LogP contribution in [0.1, 0.15) is 21.6 Å². The molecule has 0 unspecified atom stereocenters. The van der Waals surface area contributed by atoms with E-state index in [4.69, 9.17) is 4.74 Å². The van der Waals surface area contributed by atoms with E-state index < -0.39 is 0 Å². The highest BCUT2D eigenvalue weighted by atomic mass is 79.9. The normalized spacial score (nSPS) is 14.6. The second-order valence-electron chi connectivity index (χ2n) is 4.38. The van der Waals surface area contributed by atoms with Gasteiger partial charge in [0.15, 0.2) is 0 Å². The molecule has 1 aliphatic rings. The summed E-state index contributed by atoms with van der Waals surface area (Å²) in [5.41, 5.74) is 4.14. The van der Waals surface area contributed by atoms with Crippen LogP contribution in [0.15, 0.2) is 16.6 Å². The zero-order valence-corrected chi connectivity index (χ0v) is 11.6. The first-order valence-electron chi connectivity index (χ1n) is 5.82. The molecule has 0 saturated heterocycles. The van der Waals surface area contributed by atoms with Crippen LogP contribution in [0.2, 0.25) is 0 Å². The Bertz CT molecular complexity index is 633. The maximum atomic E-state index is 11.6. The Morgan fingerprint density at radius 3 is 3.06 bits per heavy atom. The van der Waals surface area contributed by atoms with Crippen molar-refractivity contribution in [3.8, 4) is 0 Å². The van der Waals surface area contributed by atoms with Crippen LogP contribution in [-0.4, -0.2) is 24.6 Å². The Hall–Kier alpha value is -1.33. The quantitative estimate of drug-likeness (QED) is 0.795. The first-order chi connectivity index (χ1) is 8.70. The predicted octanol–water partition coefficient (Wildman–Crippen LogP) is 2.36. The van der Waals surface area contributed by atoms with E-state index in [0.29, 0.717) is 5.56 Å². The maximum absolute atomic E-state index is 11.6. The van der Waals surface area contributed by atoms with Crippen LogP contribution >= 0.6 is 15.9 Å². The minimum absolute atomic E-state index is 0.304. The molecule has 5 heteroatoms. The molecule has 94 valence electrons. The number of carbonyl (C=O) groups excluding carboxylic acids is 1. The molecule has 2 heterocycles. The topological polar surface area (TPSA) is 54.1 Å². The van der Waals surface area contributed by atoms with E-state index in [1.165, 1.54) is 18.4 Å². The average molecular weight is 309 g/mol. The van der Waals surface area contributed by atoms with Crippen molar-refractivity contribution in [2.24, 2.45) is 0 Å². The second kappa shape index (κ2) is 4.40. The van der Waals surface area contributed by atoms with E-state index in [2.05, 4.69) is 26.2 Å². The van der Waals surface area contributed by atoms with Crippen molar-refractivity contribution in [2.45, 2.75) is 13.0 Å². The van der Waals surface area contributed by atoms with Crippen molar-refractivity contribution >= 4 is 32.8 Å². The van der Waals surface area contributed by atoms with Gasteiger partial charge in [0, 0.05) is 22.1 Å². The number of ether oxygens (including phenoxy) is 1. The lowest BCUT2D eigenvalue weighted by Crippen LogP contribution is -2.23. The van der Waals surface area contributed by atoms with Gasteiger partial charge in [0.25, 0.3) is 0 Å². The maximum Gasteiger partial charge on any atom is 0.337 e. The second-order valence-corrected chi connectivity index (χ2v) is 5.24. The van der Waals surface area contributed by atoms with Crippen molar-refractivity contribution in [1.29, 1.82) is 0 Å². The van der Waals surface area contributed by atoms with Gasteiger partial charge in [-0.1, -0.05) is 0 Å². The molecule has 0 spiro atoms. The number of carbonyl (C=O) groups is 1. The van der Waals surface area contributed by atoms with Crippen molar-refractivity contribution in [3.63, 3.8) is 0 Å². The van der Waals surface area contributed by atoms with Crippen molar-refractivity contribution in [1.82, 2.24) is 10.3 Å². The molecule has 0 bridgehead atoms. The number of fused-ring (bicyclic) bond motifs is 3. The van der Waals surface area contributed by atoms with Crippen LogP contribution in [0, 0.1) is 0 Å². The number of methoxy groups -OCH3 is 1. The SMILES string of the molecule is COC(=O)c1cc(Br)c2[nH]c3c(c2c1)CCNC3. The minimum Gasteiger partial charge on any atom is -0.465 e. The number of hydrogen-bond donors (Lipinski definition) is 2. The van der Waals surface area contributed by atoms with E-state index in [0.717, 1.165) is 34.9 Å². The van der Waals surface area contributed by atoms with Crippen LogP contribution in [0.4, 0.5) is 0 Å². The summed E-state index contributed by atoms with van der Waals surface area (Å²) >= 11 is 3.51. The Labute approximate surface area is 113 Å². The third kappa shape index (κ3) is 1.74. The summed E-state index contributed by atoms with van der Waals surface area (Å²) in [6.45, 7) is 1.82. The van der Waals surface area contributed by atoms with Crippen molar-refractivity contribution < 1.29 is 9.53 Å². The van der Waals surface area contributed by atoms with Crippen molar-refractivity contribution in [2.75, 3.05) is 13.7 Å². The highest BCUT2D eigenvalue weighted by Gasteiger charge is 2.18. The van der Waals surface area contributed by atoms with E-state index in [-0.39, 0.29) is 5.97 Å². The number of aromatic nitrogens is 1. The van der Waals surface area contributed by atoms with Gasteiger partial charge in [0.2, 0.25) is 0 Å². The molecule has 0 radical (unpaired) electrons. The monoisotopic (exact) mass is 308 g/mol. The summed E-state index contributed by atoms with van der Waals surface area (Å²) in [5, 5.41) is 4.44. The van der Waals surface area contributed by atoms with Gasteiger partial charge in [0.05, 0.1) is 18.2 Å². The summed E-state index contributed by atoms with van der Waals surface area (Å²) in [5.74, 6) is -0.304. The van der Waals surface area contributed by atoms with E-state index >= 15 is 0 Å². The molecular weight excluding hydrogens is 296 g/mol. The van der Waals surface area contributed by atoms with Crippen LogP contribution < -0.4 is 5.32 Å². The molecule has 1 aromatic carbocycles. The lowest BCUT2D eigenvalue weighted by Gasteiger charge is -2.12. The minimum atomic E-state index is -0.304. The molecule has 3 rings (SSSR count). The molecule has 18 heavy (non-hydrogen) atoms. The smallest absolute Gasteiger partial charge is 0.337 e. The lowest BCUT2D eigenvalue weighted by atomic mass is 10.0. The summed E-state index contributed by atoms with van der Waals surface area (Å²) in [6.07, 6.45) is 0.979. The van der Waals surface area contributed by atoms with Gasteiger partial charge in [-0.3, -0.25) is 0 Å². The zero-order valence-electron chi connectivity index (χ0n) is 9.97. The predicted molar refractivity (Wildman–Crippen MR) is 72.7 cm³/mol. The van der Waals surface area contributed by atoms with Crippen molar-refractivity contribution in [3.05, 3.63) is 33.4 Å². The van der Waals surface area contributed by atoms with Gasteiger partial charge in [-0.2, -0.15) is 0 Å². The molecule has 0 atom stereocenters. The number of halogens is 1. The summed E-state index contributed by atoms with van der Waals surface area (Å²) in [4.78, 5) is 15.0. The number of rotatable bonds is 1. The van der Waals surface area contributed by atoms with Gasteiger partial charge < -0.3 is 15.0 Å². The van der Waals surface area contributed by atoms with Crippen LogP contribution in [0.5, 0.6) is 0 Å².